The third kappa shape index (κ3) is 4.25. The van der Waals surface area contributed by atoms with Crippen molar-refractivity contribution in [3.05, 3.63) is 23.4 Å². The highest BCUT2D eigenvalue weighted by Crippen LogP contribution is 2.05. The molecule has 0 aliphatic carbocycles. The SMILES string of the molecule is C\C=C/N=C/C(C(N)=O)=C(\C)CC. The molecule has 0 aromatic heterocycles. The van der Waals surface area contributed by atoms with Gasteiger partial charge in [-0.25, -0.2) is 0 Å². The summed E-state index contributed by atoms with van der Waals surface area (Å²) in [4.78, 5) is 14.9. The van der Waals surface area contributed by atoms with E-state index in [1.807, 2.05) is 20.8 Å². The molecule has 0 saturated heterocycles. The molecule has 0 unspecified atom stereocenters. The number of hydrogen-bond donors (Lipinski definition) is 1. The van der Waals surface area contributed by atoms with Gasteiger partial charge >= 0.3 is 0 Å². The topological polar surface area (TPSA) is 55.4 Å². The fraction of sp³-hybridized carbons (Fsp3) is 0.400. The molecule has 0 aromatic carbocycles. The first-order chi connectivity index (χ1) is 6.13. The molecule has 3 nitrogen and oxygen atoms in total. The van der Waals surface area contributed by atoms with Crippen LogP contribution in [0.1, 0.15) is 27.2 Å². The molecular formula is C10H16N2O. The first-order valence-corrected chi connectivity index (χ1v) is 4.27. The molecule has 13 heavy (non-hydrogen) atoms. The molecule has 2 N–H and O–H groups in total. The second-order valence-corrected chi connectivity index (χ2v) is 2.67. The van der Waals surface area contributed by atoms with Gasteiger partial charge in [-0.3, -0.25) is 9.79 Å². The summed E-state index contributed by atoms with van der Waals surface area (Å²) >= 11 is 0. The van der Waals surface area contributed by atoms with Crippen LogP contribution < -0.4 is 5.73 Å². The van der Waals surface area contributed by atoms with Gasteiger partial charge in [-0.15, -0.1) is 0 Å². The number of rotatable bonds is 4. The molecule has 0 saturated carbocycles. The maximum absolute atomic E-state index is 10.9. The Morgan fingerprint density at radius 3 is 2.54 bits per heavy atom. The van der Waals surface area contributed by atoms with Crippen molar-refractivity contribution in [1.82, 2.24) is 0 Å². The summed E-state index contributed by atoms with van der Waals surface area (Å²) in [5.41, 5.74) is 6.64. The molecule has 1 amide bonds. The molecule has 0 bridgehead atoms. The largest absolute Gasteiger partial charge is 0.366 e. The van der Waals surface area contributed by atoms with E-state index >= 15 is 0 Å². The Morgan fingerprint density at radius 1 is 1.54 bits per heavy atom. The number of hydrogen-bond acceptors (Lipinski definition) is 2. The third-order valence-electron chi connectivity index (χ3n) is 1.69. The summed E-state index contributed by atoms with van der Waals surface area (Å²) in [6.07, 6.45) is 5.71. The van der Waals surface area contributed by atoms with Gasteiger partial charge in [-0.05, 0) is 20.3 Å². The molecule has 0 spiro atoms. The highest BCUT2D eigenvalue weighted by Gasteiger charge is 2.04. The quantitative estimate of drug-likeness (QED) is 0.520. The predicted molar refractivity (Wildman–Crippen MR) is 55.5 cm³/mol. The predicted octanol–water partition coefficient (Wildman–Crippen LogP) is 1.80. The van der Waals surface area contributed by atoms with E-state index in [9.17, 15) is 4.79 Å². The van der Waals surface area contributed by atoms with Crippen LogP contribution in [0.4, 0.5) is 0 Å². The van der Waals surface area contributed by atoms with E-state index in [0.717, 1.165) is 12.0 Å². The zero-order valence-electron chi connectivity index (χ0n) is 8.37. The molecule has 0 aliphatic heterocycles. The van der Waals surface area contributed by atoms with Crippen LogP contribution in [0.3, 0.4) is 0 Å². The van der Waals surface area contributed by atoms with Crippen molar-refractivity contribution < 1.29 is 4.79 Å². The first kappa shape index (κ1) is 11.6. The maximum Gasteiger partial charge on any atom is 0.250 e. The number of amides is 1. The summed E-state index contributed by atoms with van der Waals surface area (Å²) in [7, 11) is 0. The van der Waals surface area contributed by atoms with E-state index in [2.05, 4.69) is 4.99 Å². The minimum atomic E-state index is -0.424. The average Bonchev–Trinajstić information content (AvgIpc) is 2.11. The molecule has 0 rings (SSSR count). The summed E-state index contributed by atoms with van der Waals surface area (Å²) < 4.78 is 0. The molecule has 3 heteroatoms. The van der Waals surface area contributed by atoms with Crippen LogP contribution in [-0.2, 0) is 4.79 Å². The van der Waals surface area contributed by atoms with Gasteiger partial charge in [0.25, 0.3) is 0 Å². The Bertz CT molecular complexity index is 262. The van der Waals surface area contributed by atoms with Crippen molar-refractivity contribution in [3.63, 3.8) is 0 Å². The van der Waals surface area contributed by atoms with Crippen LogP contribution in [-0.4, -0.2) is 12.1 Å². The van der Waals surface area contributed by atoms with E-state index in [4.69, 9.17) is 5.73 Å². The molecule has 0 fully saturated rings. The Balaban J connectivity index is 4.74. The zero-order chi connectivity index (χ0) is 10.3. The third-order valence-corrected chi connectivity index (χ3v) is 1.69. The normalized spacial score (nSPS) is 13.8. The molecule has 0 heterocycles. The standard InChI is InChI=1S/C10H16N2O/c1-4-6-12-7-9(10(11)13)8(3)5-2/h4,6-7H,5H2,1-3H3,(H2,11,13)/b6-4-,9-8-,12-7+. The maximum atomic E-state index is 10.9. The van der Waals surface area contributed by atoms with E-state index in [1.165, 1.54) is 6.21 Å². The Kier molecular flexibility index (Phi) is 5.52. The van der Waals surface area contributed by atoms with Crippen LogP contribution in [0.2, 0.25) is 0 Å². The van der Waals surface area contributed by atoms with Crippen molar-refractivity contribution in [2.75, 3.05) is 0 Å². The summed E-state index contributed by atoms with van der Waals surface area (Å²) in [6.45, 7) is 5.71. The fourth-order valence-corrected chi connectivity index (χ4v) is 0.778. The van der Waals surface area contributed by atoms with Crippen molar-refractivity contribution in [2.24, 2.45) is 10.7 Å². The number of nitrogens with zero attached hydrogens (tertiary/aromatic N) is 1. The fourth-order valence-electron chi connectivity index (χ4n) is 0.778. The molecular weight excluding hydrogens is 164 g/mol. The van der Waals surface area contributed by atoms with Gasteiger partial charge in [-0.2, -0.15) is 0 Å². The Labute approximate surface area is 79.0 Å². The van der Waals surface area contributed by atoms with E-state index < -0.39 is 5.91 Å². The summed E-state index contributed by atoms with van der Waals surface area (Å²) in [6, 6.07) is 0. The number of nitrogens with two attached hydrogens (primary N) is 1. The lowest BCUT2D eigenvalue weighted by Crippen LogP contribution is -2.16. The first-order valence-electron chi connectivity index (χ1n) is 4.27. The van der Waals surface area contributed by atoms with Crippen molar-refractivity contribution >= 4 is 12.1 Å². The second kappa shape index (κ2) is 6.17. The van der Waals surface area contributed by atoms with Gasteiger partial charge in [0.2, 0.25) is 5.91 Å². The van der Waals surface area contributed by atoms with Crippen LogP contribution in [0, 0.1) is 0 Å². The highest BCUT2D eigenvalue weighted by molar-refractivity contribution is 6.12. The van der Waals surface area contributed by atoms with Crippen molar-refractivity contribution in [1.29, 1.82) is 0 Å². The van der Waals surface area contributed by atoms with Crippen LogP contribution in [0.15, 0.2) is 28.4 Å². The summed E-state index contributed by atoms with van der Waals surface area (Å²) in [5, 5.41) is 0. The smallest absolute Gasteiger partial charge is 0.250 e. The van der Waals surface area contributed by atoms with Gasteiger partial charge in [0, 0.05) is 12.4 Å². The van der Waals surface area contributed by atoms with Gasteiger partial charge in [0.1, 0.15) is 0 Å². The molecule has 0 aliphatic rings. The van der Waals surface area contributed by atoms with E-state index in [1.54, 1.807) is 12.3 Å². The molecule has 72 valence electrons. The molecule has 0 atom stereocenters. The number of aliphatic imine (C=N–C) groups is 1. The van der Waals surface area contributed by atoms with Gasteiger partial charge in [0.15, 0.2) is 0 Å². The van der Waals surface area contributed by atoms with Crippen LogP contribution in [0.25, 0.3) is 0 Å². The lowest BCUT2D eigenvalue weighted by atomic mass is 10.1. The van der Waals surface area contributed by atoms with Crippen LogP contribution in [0.5, 0.6) is 0 Å². The Hall–Kier alpha value is -1.38. The van der Waals surface area contributed by atoms with Crippen molar-refractivity contribution in [3.8, 4) is 0 Å². The Morgan fingerprint density at radius 2 is 2.15 bits per heavy atom. The monoisotopic (exact) mass is 180 g/mol. The number of carbonyl (C=O) groups excluding carboxylic acids is 1. The number of allylic oxidation sites excluding steroid dienone is 2. The summed E-state index contributed by atoms with van der Waals surface area (Å²) in [5.74, 6) is -0.424. The van der Waals surface area contributed by atoms with Crippen LogP contribution >= 0.6 is 0 Å². The minimum absolute atomic E-state index is 0.424. The lowest BCUT2D eigenvalue weighted by molar-refractivity contribution is -0.114. The molecule has 0 aromatic rings. The second-order valence-electron chi connectivity index (χ2n) is 2.67. The zero-order valence-corrected chi connectivity index (χ0v) is 8.37. The highest BCUT2D eigenvalue weighted by atomic mass is 16.1. The van der Waals surface area contributed by atoms with E-state index in [0.29, 0.717) is 5.57 Å². The van der Waals surface area contributed by atoms with Gasteiger partial charge < -0.3 is 5.73 Å². The molecule has 0 radical (unpaired) electrons. The van der Waals surface area contributed by atoms with Gasteiger partial charge in [-0.1, -0.05) is 18.6 Å². The lowest BCUT2D eigenvalue weighted by Gasteiger charge is -2.00. The number of primary amides is 1. The van der Waals surface area contributed by atoms with Gasteiger partial charge in [0.05, 0.1) is 5.57 Å². The average molecular weight is 180 g/mol. The minimum Gasteiger partial charge on any atom is -0.366 e. The van der Waals surface area contributed by atoms with E-state index in [-0.39, 0.29) is 0 Å². The number of carbonyl (C=O) groups is 1. The van der Waals surface area contributed by atoms with Crippen molar-refractivity contribution in [2.45, 2.75) is 27.2 Å².